The van der Waals surface area contributed by atoms with Gasteiger partial charge in [-0.1, -0.05) is 12.1 Å². The van der Waals surface area contributed by atoms with Gasteiger partial charge in [-0.25, -0.2) is 4.79 Å². The highest BCUT2D eigenvalue weighted by Gasteiger charge is 2.33. The molecule has 1 aliphatic rings. The van der Waals surface area contributed by atoms with Gasteiger partial charge in [0.1, 0.15) is 12.4 Å². The van der Waals surface area contributed by atoms with Crippen LogP contribution in [0.2, 0.25) is 0 Å². The minimum atomic E-state index is -4.45. The van der Waals surface area contributed by atoms with Gasteiger partial charge < -0.3 is 23.8 Å². The lowest BCUT2D eigenvalue weighted by Crippen LogP contribution is -2.23. The zero-order valence-corrected chi connectivity index (χ0v) is 20.1. The van der Waals surface area contributed by atoms with Crippen LogP contribution < -0.4 is 19.1 Å². The van der Waals surface area contributed by atoms with E-state index in [0.29, 0.717) is 34.1 Å². The predicted octanol–water partition coefficient (Wildman–Crippen LogP) is 5.40. The quantitative estimate of drug-likeness (QED) is 0.356. The molecule has 1 heterocycles. The minimum Gasteiger partial charge on any atom is -0.493 e. The summed E-state index contributed by atoms with van der Waals surface area (Å²) in [7, 11) is 1.47. The van der Waals surface area contributed by atoms with Crippen LogP contribution in [-0.2, 0) is 28.9 Å². The van der Waals surface area contributed by atoms with E-state index in [1.54, 1.807) is 43.3 Å². The number of nitrogens with zero attached hydrogens (tertiary/aromatic N) is 1. The first-order valence-electron chi connectivity index (χ1n) is 11.4. The van der Waals surface area contributed by atoms with E-state index in [1.165, 1.54) is 24.1 Å². The van der Waals surface area contributed by atoms with E-state index in [4.69, 9.17) is 18.9 Å². The highest BCUT2D eigenvalue weighted by molar-refractivity contribution is 6.10. The van der Waals surface area contributed by atoms with E-state index in [1.807, 2.05) is 0 Å². The number of carbonyl (C=O) groups is 2. The third-order valence-corrected chi connectivity index (χ3v) is 5.70. The van der Waals surface area contributed by atoms with Gasteiger partial charge in [-0.05, 0) is 61.0 Å². The van der Waals surface area contributed by atoms with Crippen LogP contribution in [0, 0.1) is 0 Å². The van der Waals surface area contributed by atoms with Crippen LogP contribution >= 0.6 is 0 Å². The molecule has 1 aliphatic heterocycles. The first-order valence-corrected chi connectivity index (χ1v) is 11.4. The number of methoxy groups -OCH3 is 1. The van der Waals surface area contributed by atoms with Crippen molar-refractivity contribution in [1.82, 2.24) is 0 Å². The monoisotopic (exact) mass is 515 g/mol. The van der Waals surface area contributed by atoms with E-state index >= 15 is 0 Å². The molecule has 10 heteroatoms. The summed E-state index contributed by atoms with van der Waals surface area (Å²) >= 11 is 0. The molecule has 7 nitrogen and oxygen atoms in total. The average Bonchev–Trinajstić information content (AvgIpc) is 3.23. The molecule has 0 atom stereocenters. The topological polar surface area (TPSA) is 74.3 Å². The van der Waals surface area contributed by atoms with Crippen molar-refractivity contribution in [3.63, 3.8) is 0 Å². The van der Waals surface area contributed by atoms with E-state index in [-0.39, 0.29) is 32.3 Å². The fraction of sp³-hybridized carbons (Fsp3) is 0.259. The maximum absolute atomic E-state index is 13.0. The Labute approximate surface area is 211 Å². The van der Waals surface area contributed by atoms with E-state index in [0.717, 1.165) is 17.7 Å². The van der Waals surface area contributed by atoms with Crippen molar-refractivity contribution < 1.29 is 41.7 Å². The fourth-order valence-electron chi connectivity index (χ4n) is 3.90. The molecule has 0 saturated carbocycles. The van der Waals surface area contributed by atoms with Crippen LogP contribution in [0.25, 0.3) is 0 Å². The molecule has 0 N–H and O–H groups in total. The molecule has 0 saturated heterocycles. The smallest absolute Gasteiger partial charge is 0.416 e. The molecule has 37 heavy (non-hydrogen) atoms. The fourth-order valence-corrected chi connectivity index (χ4v) is 3.90. The molecule has 0 spiro atoms. The first kappa shape index (κ1) is 25.9. The van der Waals surface area contributed by atoms with Crippen LogP contribution in [0.5, 0.6) is 17.2 Å². The van der Waals surface area contributed by atoms with Crippen molar-refractivity contribution >= 4 is 17.6 Å². The number of amides is 1. The Morgan fingerprint density at radius 1 is 0.973 bits per heavy atom. The molecule has 3 aromatic carbocycles. The number of anilines is 1. The Hall–Kier alpha value is -4.21. The molecule has 0 bridgehead atoms. The summed E-state index contributed by atoms with van der Waals surface area (Å²) in [5.74, 6) is 0.464. The van der Waals surface area contributed by atoms with Crippen molar-refractivity contribution in [2.45, 2.75) is 26.3 Å². The number of ether oxygens (including phenoxy) is 4. The van der Waals surface area contributed by atoms with Crippen molar-refractivity contribution in [3.8, 4) is 17.2 Å². The molecule has 0 aromatic heterocycles. The van der Waals surface area contributed by atoms with E-state index in [9.17, 15) is 22.8 Å². The number of alkyl halides is 3. The molecule has 1 amide bonds. The molecular formula is C27H24F3NO6. The molecule has 0 radical (unpaired) electrons. The van der Waals surface area contributed by atoms with Crippen LogP contribution in [-0.4, -0.2) is 32.2 Å². The minimum absolute atomic E-state index is 0.152. The van der Waals surface area contributed by atoms with Gasteiger partial charge in [0, 0.05) is 16.8 Å². The van der Waals surface area contributed by atoms with E-state index in [2.05, 4.69) is 0 Å². The lowest BCUT2D eigenvalue weighted by molar-refractivity contribution is -0.145. The second kappa shape index (κ2) is 10.8. The van der Waals surface area contributed by atoms with Gasteiger partial charge in [-0.15, -0.1) is 0 Å². The SMILES string of the molecule is CCOC(=O)COc1ccc(COc2cccc3c2CN(c2ccc(C(F)(F)F)cc2)C3=O)cc1OC. The Balaban J connectivity index is 1.46. The number of hydrogen-bond donors (Lipinski definition) is 0. The highest BCUT2D eigenvalue weighted by Crippen LogP contribution is 2.36. The Morgan fingerprint density at radius 2 is 1.73 bits per heavy atom. The predicted molar refractivity (Wildman–Crippen MR) is 128 cm³/mol. The third-order valence-electron chi connectivity index (χ3n) is 5.70. The lowest BCUT2D eigenvalue weighted by Gasteiger charge is -2.17. The molecule has 0 fully saturated rings. The molecule has 3 aromatic rings. The van der Waals surface area contributed by atoms with E-state index < -0.39 is 17.7 Å². The van der Waals surface area contributed by atoms with Crippen LogP contribution in [0.15, 0.2) is 60.7 Å². The number of carbonyl (C=O) groups excluding carboxylic acids is 2. The van der Waals surface area contributed by atoms with Gasteiger partial charge in [-0.2, -0.15) is 13.2 Å². The van der Waals surface area contributed by atoms with Gasteiger partial charge in [-0.3, -0.25) is 4.79 Å². The maximum Gasteiger partial charge on any atom is 0.416 e. The summed E-state index contributed by atoms with van der Waals surface area (Å²) in [5, 5.41) is 0. The normalized spacial score (nSPS) is 12.8. The summed E-state index contributed by atoms with van der Waals surface area (Å²) in [6.07, 6.45) is -4.45. The van der Waals surface area contributed by atoms with Crippen molar-refractivity contribution in [2.75, 3.05) is 25.2 Å². The number of rotatable bonds is 9. The molecule has 194 valence electrons. The summed E-state index contributed by atoms with van der Waals surface area (Å²) in [5.41, 5.74) is 1.41. The average molecular weight is 515 g/mol. The lowest BCUT2D eigenvalue weighted by atomic mass is 10.1. The Bertz CT molecular complexity index is 1290. The molecule has 0 unspecified atom stereocenters. The van der Waals surface area contributed by atoms with Gasteiger partial charge in [0.2, 0.25) is 0 Å². The van der Waals surface area contributed by atoms with Gasteiger partial charge in [0.25, 0.3) is 5.91 Å². The van der Waals surface area contributed by atoms with Gasteiger partial charge in [0.05, 0.1) is 25.8 Å². The largest absolute Gasteiger partial charge is 0.493 e. The zero-order chi connectivity index (χ0) is 26.6. The maximum atomic E-state index is 13.0. The second-order valence-electron chi connectivity index (χ2n) is 8.09. The van der Waals surface area contributed by atoms with Crippen LogP contribution in [0.3, 0.4) is 0 Å². The summed E-state index contributed by atoms with van der Waals surface area (Å²) in [6, 6.07) is 14.7. The van der Waals surface area contributed by atoms with Crippen molar-refractivity contribution in [3.05, 3.63) is 82.9 Å². The highest BCUT2D eigenvalue weighted by atomic mass is 19.4. The van der Waals surface area contributed by atoms with Crippen LogP contribution in [0.4, 0.5) is 18.9 Å². The Morgan fingerprint density at radius 3 is 2.41 bits per heavy atom. The van der Waals surface area contributed by atoms with Crippen molar-refractivity contribution in [2.24, 2.45) is 0 Å². The second-order valence-corrected chi connectivity index (χ2v) is 8.09. The van der Waals surface area contributed by atoms with Gasteiger partial charge >= 0.3 is 12.1 Å². The number of esters is 1. The summed E-state index contributed by atoms with van der Waals surface area (Å²) in [4.78, 5) is 25.9. The standard InChI is InChI=1S/C27H24F3NO6/c1-3-35-25(32)16-37-23-12-7-17(13-24(23)34-2)15-36-22-6-4-5-20-21(22)14-31(26(20)33)19-10-8-18(9-11-19)27(28,29)30/h4-13H,3,14-16H2,1-2H3. The number of benzene rings is 3. The molecule has 4 rings (SSSR count). The Kier molecular flexibility index (Phi) is 7.56. The number of hydrogen-bond acceptors (Lipinski definition) is 6. The molecule has 0 aliphatic carbocycles. The summed E-state index contributed by atoms with van der Waals surface area (Å²) < 4.78 is 60.4. The van der Waals surface area contributed by atoms with Crippen LogP contribution in [0.1, 0.15) is 34.0 Å². The van der Waals surface area contributed by atoms with Crippen molar-refractivity contribution in [1.29, 1.82) is 0 Å². The van der Waals surface area contributed by atoms with Gasteiger partial charge in [0.15, 0.2) is 18.1 Å². The number of halogens is 3. The third kappa shape index (κ3) is 5.79. The molecular weight excluding hydrogens is 491 g/mol. The zero-order valence-electron chi connectivity index (χ0n) is 20.1. The summed E-state index contributed by atoms with van der Waals surface area (Å²) in [6.45, 7) is 2.03. The first-order chi connectivity index (χ1) is 17.7. The number of fused-ring (bicyclic) bond motifs is 1.